The van der Waals surface area contributed by atoms with Gasteiger partial charge in [0.25, 0.3) is 0 Å². The van der Waals surface area contributed by atoms with Gasteiger partial charge in [-0.1, -0.05) is 12.8 Å². The summed E-state index contributed by atoms with van der Waals surface area (Å²) in [6.45, 7) is 0.509. The van der Waals surface area contributed by atoms with E-state index in [4.69, 9.17) is 0 Å². The van der Waals surface area contributed by atoms with Crippen LogP contribution in [0, 0.1) is 0 Å². The van der Waals surface area contributed by atoms with E-state index >= 15 is 0 Å². The molecule has 6 nitrogen and oxygen atoms in total. The standard InChI is InChI=1S/C11H22N2O4S2/c1-18(14,15)13-8-4-7-11(9-13)19(16,17)12-10-5-2-3-6-10/h10-12H,2-9H2,1H3. The maximum atomic E-state index is 12.3. The van der Waals surface area contributed by atoms with Crippen LogP contribution in [-0.2, 0) is 20.0 Å². The van der Waals surface area contributed by atoms with Crippen molar-refractivity contribution in [2.75, 3.05) is 19.3 Å². The number of piperidine rings is 1. The molecule has 2 fully saturated rings. The molecule has 0 bridgehead atoms. The molecular formula is C11H22N2O4S2. The van der Waals surface area contributed by atoms with Crippen molar-refractivity contribution in [2.24, 2.45) is 0 Å². The molecule has 0 radical (unpaired) electrons. The molecule has 2 aliphatic rings. The second kappa shape index (κ2) is 5.67. The van der Waals surface area contributed by atoms with Gasteiger partial charge in [0.1, 0.15) is 0 Å². The summed E-state index contributed by atoms with van der Waals surface area (Å²) in [6.07, 6.45) is 6.17. The number of nitrogens with zero attached hydrogens (tertiary/aromatic N) is 1. The van der Waals surface area contributed by atoms with Crippen LogP contribution >= 0.6 is 0 Å². The van der Waals surface area contributed by atoms with Crippen LogP contribution in [0.5, 0.6) is 0 Å². The lowest BCUT2D eigenvalue weighted by atomic mass is 10.2. The summed E-state index contributed by atoms with van der Waals surface area (Å²) in [6, 6.07) is 0.0404. The molecule has 0 amide bonds. The van der Waals surface area contributed by atoms with Crippen molar-refractivity contribution in [1.29, 1.82) is 0 Å². The fourth-order valence-corrected chi connectivity index (χ4v) is 5.58. The summed E-state index contributed by atoms with van der Waals surface area (Å²) in [5, 5.41) is -0.614. The van der Waals surface area contributed by atoms with Gasteiger partial charge in [0, 0.05) is 19.1 Å². The Morgan fingerprint density at radius 2 is 1.63 bits per heavy atom. The second-order valence-electron chi connectivity index (χ2n) is 5.53. The highest BCUT2D eigenvalue weighted by atomic mass is 32.2. The molecule has 112 valence electrons. The Morgan fingerprint density at radius 1 is 1.00 bits per heavy atom. The van der Waals surface area contributed by atoms with E-state index in [0.717, 1.165) is 31.9 Å². The number of nitrogens with one attached hydrogen (secondary N) is 1. The van der Waals surface area contributed by atoms with Crippen LogP contribution in [0.3, 0.4) is 0 Å². The Morgan fingerprint density at radius 3 is 2.21 bits per heavy atom. The topological polar surface area (TPSA) is 83.6 Å². The van der Waals surface area contributed by atoms with E-state index in [0.29, 0.717) is 19.4 Å². The Balaban J connectivity index is 2.03. The predicted octanol–water partition coefficient (Wildman–Crippen LogP) is 0.272. The summed E-state index contributed by atoms with van der Waals surface area (Å²) in [5.74, 6) is 0. The number of sulfonamides is 2. The summed E-state index contributed by atoms with van der Waals surface area (Å²) >= 11 is 0. The summed E-state index contributed by atoms with van der Waals surface area (Å²) in [5.41, 5.74) is 0. The maximum Gasteiger partial charge on any atom is 0.216 e. The van der Waals surface area contributed by atoms with Crippen molar-refractivity contribution in [3.8, 4) is 0 Å². The first-order valence-electron chi connectivity index (χ1n) is 6.75. The average molecular weight is 310 g/mol. The molecule has 19 heavy (non-hydrogen) atoms. The van der Waals surface area contributed by atoms with Crippen molar-refractivity contribution in [1.82, 2.24) is 9.03 Å². The lowest BCUT2D eigenvalue weighted by Crippen LogP contribution is -2.49. The first-order chi connectivity index (χ1) is 8.79. The first kappa shape index (κ1) is 15.2. The third kappa shape index (κ3) is 3.90. The molecule has 0 aromatic carbocycles. The van der Waals surface area contributed by atoms with Crippen LogP contribution in [-0.4, -0.2) is 51.8 Å². The monoisotopic (exact) mass is 310 g/mol. The van der Waals surface area contributed by atoms with E-state index < -0.39 is 25.3 Å². The maximum absolute atomic E-state index is 12.3. The Hall–Kier alpha value is -0.180. The molecule has 1 aliphatic carbocycles. The van der Waals surface area contributed by atoms with Gasteiger partial charge < -0.3 is 0 Å². The lowest BCUT2D eigenvalue weighted by molar-refractivity contribution is 0.346. The van der Waals surface area contributed by atoms with Crippen LogP contribution in [0.2, 0.25) is 0 Å². The van der Waals surface area contributed by atoms with Crippen molar-refractivity contribution in [3.05, 3.63) is 0 Å². The van der Waals surface area contributed by atoms with Crippen LogP contribution in [0.1, 0.15) is 38.5 Å². The minimum Gasteiger partial charge on any atom is -0.213 e. The molecule has 0 aromatic rings. The molecular weight excluding hydrogens is 288 g/mol. The zero-order valence-corrected chi connectivity index (χ0v) is 12.8. The zero-order valence-electron chi connectivity index (χ0n) is 11.2. The largest absolute Gasteiger partial charge is 0.216 e. The van der Waals surface area contributed by atoms with Gasteiger partial charge in [-0.05, 0) is 25.7 Å². The Bertz CT molecular complexity index is 509. The molecule has 0 aromatic heterocycles. The summed E-state index contributed by atoms with van der Waals surface area (Å²) in [7, 11) is -6.72. The van der Waals surface area contributed by atoms with Gasteiger partial charge in [0.15, 0.2) is 0 Å². The summed E-state index contributed by atoms with van der Waals surface area (Å²) in [4.78, 5) is 0. The molecule has 8 heteroatoms. The van der Waals surface area contributed by atoms with Crippen LogP contribution in [0.15, 0.2) is 0 Å². The molecule has 1 saturated heterocycles. The third-order valence-corrected chi connectivity index (χ3v) is 7.13. The normalized spacial score (nSPS) is 27.7. The number of hydrogen-bond acceptors (Lipinski definition) is 4. The fourth-order valence-electron chi connectivity index (χ4n) is 2.83. The van der Waals surface area contributed by atoms with Gasteiger partial charge in [-0.3, -0.25) is 0 Å². The molecule has 1 aliphatic heterocycles. The molecule has 2 rings (SSSR count). The molecule has 0 spiro atoms. The molecule has 1 saturated carbocycles. The van der Waals surface area contributed by atoms with E-state index in [-0.39, 0.29) is 12.6 Å². The van der Waals surface area contributed by atoms with Gasteiger partial charge in [-0.2, -0.15) is 0 Å². The molecule has 1 unspecified atom stereocenters. The van der Waals surface area contributed by atoms with Gasteiger partial charge in [-0.25, -0.2) is 25.9 Å². The second-order valence-corrected chi connectivity index (χ2v) is 9.50. The highest BCUT2D eigenvalue weighted by molar-refractivity contribution is 7.90. The van der Waals surface area contributed by atoms with Crippen molar-refractivity contribution in [2.45, 2.75) is 49.8 Å². The van der Waals surface area contributed by atoms with Gasteiger partial charge >= 0.3 is 0 Å². The third-order valence-electron chi connectivity index (χ3n) is 3.93. The Kier molecular flexibility index (Phi) is 4.54. The van der Waals surface area contributed by atoms with Crippen molar-refractivity contribution >= 4 is 20.0 Å². The summed E-state index contributed by atoms with van der Waals surface area (Å²) < 4.78 is 51.6. The minimum absolute atomic E-state index is 0.0404. The zero-order chi connectivity index (χ0) is 14.1. The van der Waals surface area contributed by atoms with Gasteiger partial charge in [-0.15, -0.1) is 0 Å². The molecule has 1 N–H and O–H groups in total. The van der Waals surface area contributed by atoms with E-state index in [9.17, 15) is 16.8 Å². The van der Waals surface area contributed by atoms with E-state index in [1.807, 2.05) is 0 Å². The van der Waals surface area contributed by atoms with Crippen LogP contribution < -0.4 is 4.72 Å². The van der Waals surface area contributed by atoms with Crippen LogP contribution in [0.25, 0.3) is 0 Å². The SMILES string of the molecule is CS(=O)(=O)N1CCCC(S(=O)(=O)NC2CCCC2)C1. The predicted molar refractivity (Wildman–Crippen MR) is 73.8 cm³/mol. The highest BCUT2D eigenvalue weighted by Crippen LogP contribution is 2.22. The van der Waals surface area contributed by atoms with Crippen LogP contribution in [0.4, 0.5) is 0 Å². The molecule has 1 heterocycles. The quantitative estimate of drug-likeness (QED) is 0.808. The van der Waals surface area contributed by atoms with Gasteiger partial charge in [0.05, 0.1) is 11.5 Å². The smallest absolute Gasteiger partial charge is 0.213 e. The van der Waals surface area contributed by atoms with Crippen molar-refractivity contribution < 1.29 is 16.8 Å². The minimum atomic E-state index is -3.42. The van der Waals surface area contributed by atoms with E-state index in [1.165, 1.54) is 4.31 Å². The fraction of sp³-hybridized carbons (Fsp3) is 1.00. The number of hydrogen-bond donors (Lipinski definition) is 1. The number of rotatable bonds is 4. The van der Waals surface area contributed by atoms with E-state index in [1.54, 1.807) is 0 Å². The molecule has 1 atom stereocenters. The Labute approximate surface area is 115 Å². The van der Waals surface area contributed by atoms with E-state index in [2.05, 4.69) is 4.72 Å². The van der Waals surface area contributed by atoms with Crippen molar-refractivity contribution in [3.63, 3.8) is 0 Å². The van der Waals surface area contributed by atoms with Gasteiger partial charge in [0.2, 0.25) is 20.0 Å². The average Bonchev–Trinajstić information content (AvgIpc) is 2.80. The highest BCUT2D eigenvalue weighted by Gasteiger charge is 2.35. The lowest BCUT2D eigenvalue weighted by Gasteiger charge is -2.31. The first-order valence-corrected chi connectivity index (χ1v) is 10.1.